The molecule has 0 bridgehead atoms. The van der Waals surface area contributed by atoms with Gasteiger partial charge in [-0.1, -0.05) is 0 Å². The van der Waals surface area contributed by atoms with Crippen LogP contribution in [-0.2, 0) is 0 Å². The van der Waals surface area contributed by atoms with Gasteiger partial charge in [0.1, 0.15) is 17.2 Å². The summed E-state index contributed by atoms with van der Waals surface area (Å²) in [5.41, 5.74) is 2.34. The lowest BCUT2D eigenvalue weighted by Gasteiger charge is -2.33. The van der Waals surface area contributed by atoms with Crippen LogP contribution in [0.4, 0.5) is 5.82 Å². The van der Waals surface area contributed by atoms with Crippen molar-refractivity contribution >= 4 is 39.1 Å². The molecule has 1 aliphatic rings. The number of anilines is 1. The van der Waals surface area contributed by atoms with Crippen LogP contribution in [0, 0.1) is 6.92 Å². The number of thioether (sulfide) groups is 1. The SMILES string of the molecule is Cc1csc2c(N3CCC(NCCSc4cn[nH]n4)CC3)ncnc12. The van der Waals surface area contributed by atoms with Gasteiger partial charge in [0.2, 0.25) is 0 Å². The molecule has 1 aliphatic heterocycles. The highest BCUT2D eigenvalue weighted by molar-refractivity contribution is 7.99. The van der Waals surface area contributed by atoms with Gasteiger partial charge < -0.3 is 10.2 Å². The molecule has 4 heterocycles. The summed E-state index contributed by atoms with van der Waals surface area (Å²) in [7, 11) is 0. The van der Waals surface area contributed by atoms with Gasteiger partial charge in [-0.15, -0.1) is 28.2 Å². The number of nitrogens with zero attached hydrogens (tertiary/aromatic N) is 5. The summed E-state index contributed by atoms with van der Waals surface area (Å²) < 4.78 is 1.22. The van der Waals surface area contributed by atoms with E-state index in [4.69, 9.17) is 0 Å². The highest BCUT2D eigenvalue weighted by Gasteiger charge is 2.22. The van der Waals surface area contributed by atoms with Gasteiger partial charge in [-0.25, -0.2) is 9.97 Å². The molecule has 0 saturated carbocycles. The zero-order chi connectivity index (χ0) is 17.1. The molecule has 3 aromatic heterocycles. The molecule has 1 saturated heterocycles. The normalized spacial score (nSPS) is 16.0. The largest absolute Gasteiger partial charge is 0.355 e. The number of aromatic amines is 1. The van der Waals surface area contributed by atoms with Crippen LogP contribution in [0.1, 0.15) is 18.4 Å². The van der Waals surface area contributed by atoms with Crippen LogP contribution >= 0.6 is 23.1 Å². The number of aryl methyl sites for hydroxylation is 1. The summed E-state index contributed by atoms with van der Waals surface area (Å²) in [5.74, 6) is 2.11. The monoisotopic (exact) mass is 375 g/mol. The fourth-order valence-electron chi connectivity index (χ4n) is 3.16. The average Bonchev–Trinajstić information content (AvgIpc) is 3.29. The van der Waals surface area contributed by atoms with Gasteiger partial charge >= 0.3 is 0 Å². The van der Waals surface area contributed by atoms with E-state index in [0.29, 0.717) is 6.04 Å². The Morgan fingerprint density at radius 3 is 3.04 bits per heavy atom. The quantitative estimate of drug-likeness (QED) is 0.506. The molecule has 132 valence electrons. The lowest BCUT2D eigenvalue weighted by atomic mass is 10.1. The third kappa shape index (κ3) is 3.78. The molecule has 0 spiro atoms. The summed E-state index contributed by atoms with van der Waals surface area (Å²) in [5, 5.41) is 17.3. The van der Waals surface area contributed by atoms with Crippen LogP contribution in [0.3, 0.4) is 0 Å². The predicted octanol–water partition coefficient (Wildman–Crippen LogP) is 2.47. The van der Waals surface area contributed by atoms with Crippen molar-refractivity contribution in [1.82, 2.24) is 30.7 Å². The number of piperidine rings is 1. The van der Waals surface area contributed by atoms with E-state index >= 15 is 0 Å². The van der Waals surface area contributed by atoms with Gasteiger partial charge in [0, 0.05) is 31.4 Å². The molecule has 1 fully saturated rings. The Hall–Kier alpha value is -1.71. The molecule has 0 aromatic carbocycles. The molecule has 0 atom stereocenters. The van der Waals surface area contributed by atoms with Crippen molar-refractivity contribution in [2.75, 3.05) is 30.3 Å². The van der Waals surface area contributed by atoms with Crippen LogP contribution < -0.4 is 10.2 Å². The average molecular weight is 376 g/mol. The van der Waals surface area contributed by atoms with E-state index in [-0.39, 0.29) is 0 Å². The molecule has 0 unspecified atom stereocenters. The van der Waals surface area contributed by atoms with Crippen molar-refractivity contribution in [3.8, 4) is 0 Å². The van der Waals surface area contributed by atoms with E-state index in [2.05, 4.69) is 47.9 Å². The van der Waals surface area contributed by atoms with E-state index in [1.807, 2.05) is 0 Å². The lowest BCUT2D eigenvalue weighted by Crippen LogP contribution is -2.43. The summed E-state index contributed by atoms with van der Waals surface area (Å²) >= 11 is 3.48. The standard InChI is InChI=1S/C16H21N7S2/c1-11-9-25-15-14(11)18-10-19-16(15)23-5-2-12(3-6-23)17-4-7-24-13-8-20-22-21-13/h8-10,12,17H,2-7H2,1H3,(H,20,21,22). The Morgan fingerprint density at radius 1 is 1.36 bits per heavy atom. The Morgan fingerprint density at radius 2 is 2.24 bits per heavy atom. The minimum atomic E-state index is 0.580. The number of thiophene rings is 1. The second-order valence-corrected chi connectivity index (χ2v) is 8.16. The van der Waals surface area contributed by atoms with Gasteiger partial charge in [-0.05, 0) is 30.7 Å². The van der Waals surface area contributed by atoms with E-state index < -0.39 is 0 Å². The Labute approximate surface area is 154 Å². The molecule has 25 heavy (non-hydrogen) atoms. The fraction of sp³-hybridized carbons (Fsp3) is 0.500. The molecule has 2 N–H and O–H groups in total. The van der Waals surface area contributed by atoms with E-state index in [1.54, 1.807) is 35.6 Å². The molecular formula is C16H21N7S2. The first-order valence-corrected chi connectivity index (χ1v) is 10.3. The number of aromatic nitrogens is 5. The van der Waals surface area contributed by atoms with Crippen molar-refractivity contribution in [3.05, 3.63) is 23.5 Å². The Bertz CT molecular complexity index is 809. The first-order valence-electron chi connectivity index (χ1n) is 8.47. The second kappa shape index (κ2) is 7.67. The minimum absolute atomic E-state index is 0.580. The molecule has 9 heteroatoms. The zero-order valence-corrected chi connectivity index (χ0v) is 15.7. The smallest absolute Gasteiger partial charge is 0.150 e. The molecule has 3 aromatic rings. The van der Waals surface area contributed by atoms with E-state index in [9.17, 15) is 0 Å². The maximum absolute atomic E-state index is 4.56. The molecule has 4 rings (SSSR count). The van der Waals surface area contributed by atoms with Gasteiger partial charge in [0.05, 0.1) is 16.4 Å². The maximum Gasteiger partial charge on any atom is 0.150 e. The molecular weight excluding hydrogens is 354 g/mol. The predicted molar refractivity (Wildman–Crippen MR) is 102 cm³/mol. The van der Waals surface area contributed by atoms with Gasteiger partial charge in [-0.2, -0.15) is 10.3 Å². The first kappa shape index (κ1) is 16.7. The first-order chi connectivity index (χ1) is 12.3. The topological polar surface area (TPSA) is 82.6 Å². The molecule has 7 nitrogen and oxygen atoms in total. The van der Waals surface area contributed by atoms with Crippen LogP contribution in [0.2, 0.25) is 0 Å². The number of hydrogen-bond acceptors (Lipinski definition) is 8. The number of fused-ring (bicyclic) bond motifs is 1. The van der Waals surface area contributed by atoms with E-state index in [1.165, 1.54) is 10.3 Å². The van der Waals surface area contributed by atoms with Crippen molar-refractivity contribution in [3.63, 3.8) is 0 Å². The highest BCUT2D eigenvalue weighted by Crippen LogP contribution is 2.32. The number of nitrogens with one attached hydrogen (secondary N) is 2. The van der Waals surface area contributed by atoms with Crippen LogP contribution in [-0.4, -0.2) is 56.8 Å². The van der Waals surface area contributed by atoms with Crippen molar-refractivity contribution in [2.45, 2.75) is 30.8 Å². The highest BCUT2D eigenvalue weighted by atomic mass is 32.2. The van der Waals surface area contributed by atoms with Gasteiger partial charge in [0.15, 0.2) is 0 Å². The summed E-state index contributed by atoms with van der Waals surface area (Å²) in [4.78, 5) is 11.4. The molecule has 0 radical (unpaired) electrons. The fourth-order valence-corrected chi connectivity index (χ4v) is 4.84. The summed E-state index contributed by atoms with van der Waals surface area (Å²) in [6.45, 7) is 5.18. The Balaban J connectivity index is 1.28. The van der Waals surface area contributed by atoms with Crippen molar-refractivity contribution < 1.29 is 0 Å². The molecule has 0 aliphatic carbocycles. The maximum atomic E-state index is 4.56. The number of H-pyrrole nitrogens is 1. The minimum Gasteiger partial charge on any atom is -0.355 e. The molecule has 0 amide bonds. The van der Waals surface area contributed by atoms with Gasteiger partial charge in [-0.3, -0.25) is 0 Å². The van der Waals surface area contributed by atoms with Crippen LogP contribution in [0.25, 0.3) is 10.2 Å². The van der Waals surface area contributed by atoms with Gasteiger partial charge in [0.25, 0.3) is 0 Å². The summed E-state index contributed by atoms with van der Waals surface area (Å²) in [6.07, 6.45) is 5.75. The van der Waals surface area contributed by atoms with Crippen molar-refractivity contribution in [2.24, 2.45) is 0 Å². The lowest BCUT2D eigenvalue weighted by molar-refractivity contribution is 0.424. The summed E-state index contributed by atoms with van der Waals surface area (Å²) in [6, 6.07) is 0.580. The third-order valence-electron chi connectivity index (χ3n) is 4.48. The van der Waals surface area contributed by atoms with Crippen LogP contribution in [0.15, 0.2) is 22.9 Å². The van der Waals surface area contributed by atoms with Crippen LogP contribution in [0.5, 0.6) is 0 Å². The Kier molecular flexibility index (Phi) is 5.14. The number of rotatable bonds is 6. The van der Waals surface area contributed by atoms with E-state index in [0.717, 1.165) is 54.6 Å². The van der Waals surface area contributed by atoms with Crippen molar-refractivity contribution in [1.29, 1.82) is 0 Å². The zero-order valence-electron chi connectivity index (χ0n) is 14.1. The third-order valence-corrected chi connectivity index (χ3v) is 6.47. The number of hydrogen-bond donors (Lipinski definition) is 2. The second-order valence-electron chi connectivity index (χ2n) is 6.17.